The van der Waals surface area contributed by atoms with E-state index in [0.717, 1.165) is 11.3 Å². The first-order chi connectivity index (χ1) is 15.7. The van der Waals surface area contributed by atoms with E-state index in [4.69, 9.17) is 14.9 Å². The van der Waals surface area contributed by atoms with E-state index >= 15 is 0 Å². The molecule has 2 aromatic rings. The number of carboxylic acid groups (broad SMARTS) is 2. The predicted molar refractivity (Wildman–Crippen MR) is 118 cm³/mol. The van der Waals surface area contributed by atoms with Crippen LogP contribution >= 0.6 is 0 Å². The van der Waals surface area contributed by atoms with Gasteiger partial charge in [0, 0.05) is 25.1 Å². The largest absolute Gasteiger partial charge is 0.506 e. The number of hydrogen-bond donors (Lipinski definition) is 7. The Balaban J connectivity index is 0.000000582. The van der Waals surface area contributed by atoms with E-state index in [1.807, 2.05) is 24.3 Å². The lowest BCUT2D eigenvalue weighted by molar-refractivity contribution is -0.134. The summed E-state index contributed by atoms with van der Waals surface area (Å²) in [5, 5.41) is 50.7. The van der Waals surface area contributed by atoms with Crippen LogP contribution in [0.4, 0.5) is 5.69 Å². The van der Waals surface area contributed by atoms with Crippen LogP contribution in [0.15, 0.2) is 54.6 Å². The highest BCUT2D eigenvalue weighted by atomic mass is 16.5. The van der Waals surface area contributed by atoms with Crippen molar-refractivity contribution in [3.8, 4) is 11.5 Å². The molecular weight excluding hydrogens is 436 g/mol. The van der Waals surface area contributed by atoms with Crippen molar-refractivity contribution in [2.24, 2.45) is 0 Å². The topological polar surface area (TPSA) is 186 Å². The number of benzene rings is 2. The first kappa shape index (κ1) is 27.1. The fraction of sp³-hybridized carbons (Fsp3) is 0.227. The molecule has 2 unspecified atom stereocenters. The second kappa shape index (κ2) is 14.2. The van der Waals surface area contributed by atoms with Crippen molar-refractivity contribution in [1.82, 2.24) is 5.32 Å². The number of aromatic hydroxyl groups is 1. The molecule has 0 aliphatic carbocycles. The van der Waals surface area contributed by atoms with Gasteiger partial charge < -0.3 is 35.6 Å². The zero-order valence-corrected chi connectivity index (χ0v) is 17.7. The summed E-state index contributed by atoms with van der Waals surface area (Å²) >= 11 is 0. The summed E-state index contributed by atoms with van der Waals surface area (Å²) in [7, 11) is 1.59. The number of hydrogen-bond acceptors (Lipinski definition) is 8. The van der Waals surface area contributed by atoms with E-state index < -0.39 is 24.3 Å². The number of rotatable bonds is 11. The number of carbonyl (C=O) groups excluding carboxylic acids is 1. The quantitative estimate of drug-likeness (QED) is 0.109. The Labute approximate surface area is 189 Å². The minimum Gasteiger partial charge on any atom is -0.506 e. The van der Waals surface area contributed by atoms with Gasteiger partial charge in [-0.2, -0.15) is 0 Å². The molecule has 1 amide bonds. The van der Waals surface area contributed by atoms with E-state index in [1.54, 1.807) is 13.2 Å². The molecule has 0 saturated carbocycles. The van der Waals surface area contributed by atoms with Crippen molar-refractivity contribution >= 4 is 24.0 Å². The first-order valence-corrected chi connectivity index (χ1v) is 9.55. The Morgan fingerprint density at radius 2 is 1.64 bits per heavy atom. The zero-order chi connectivity index (χ0) is 24.8. The van der Waals surface area contributed by atoms with E-state index in [0.29, 0.717) is 30.5 Å². The van der Waals surface area contributed by atoms with Gasteiger partial charge >= 0.3 is 11.9 Å². The third-order valence-corrected chi connectivity index (χ3v) is 4.12. The number of phenols is 1. The van der Waals surface area contributed by atoms with Crippen molar-refractivity contribution in [3.63, 3.8) is 0 Å². The molecule has 0 aliphatic heterocycles. The van der Waals surface area contributed by atoms with E-state index in [-0.39, 0.29) is 18.0 Å². The van der Waals surface area contributed by atoms with Crippen LogP contribution in [-0.4, -0.2) is 63.8 Å². The fourth-order valence-electron chi connectivity index (χ4n) is 2.51. The number of aliphatic hydroxyl groups is 2. The molecule has 2 aromatic carbocycles. The van der Waals surface area contributed by atoms with Gasteiger partial charge in [-0.15, -0.1) is 0 Å². The van der Waals surface area contributed by atoms with Crippen LogP contribution in [0.5, 0.6) is 11.5 Å². The number of methoxy groups -OCH3 is 1. The number of aliphatic carboxylic acids is 2. The number of carboxylic acids is 2. The third-order valence-electron chi connectivity index (χ3n) is 4.12. The lowest BCUT2D eigenvalue weighted by atomic mass is 10.1. The molecule has 0 radical (unpaired) electrons. The second-order valence-corrected chi connectivity index (χ2v) is 6.54. The average Bonchev–Trinajstić information content (AvgIpc) is 2.78. The molecule has 0 fully saturated rings. The monoisotopic (exact) mass is 462 g/mol. The number of amides is 1. The van der Waals surface area contributed by atoms with Gasteiger partial charge in [0.15, 0.2) is 0 Å². The lowest BCUT2D eigenvalue weighted by Gasteiger charge is -2.17. The number of phenolic OH excluding ortho intramolecular Hbond substituents is 1. The summed E-state index contributed by atoms with van der Waals surface area (Å²) in [4.78, 5) is 29.6. The highest BCUT2D eigenvalue weighted by molar-refractivity contribution is 5.89. The third kappa shape index (κ3) is 10.8. The molecule has 0 aromatic heterocycles. The van der Waals surface area contributed by atoms with Crippen LogP contribution < -0.4 is 15.4 Å². The highest BCUT2D eigenvalue weighted by Gasteiger charge is 2.13. The molecule has 33 heavy (non-hydrogen) atoms. The molecule has 0 heterocycles. The zero-order valence-electron chi connectivity index (χ0n) is 17.7. The summed E-state index contributed by atoms with van der Waals surface area (Å²) in [5.74, 6) is -1.86. The SMILES string of the molecule is COc1ccc(CC(O)NCC(O)c2ccc(O)c(NC=O)c2)cc1.O=C(O)/C=C/C(=O)O. The molecule has 7 N–H and O–H groups in total. The van der Waals surface area contributed by atoms with Crippen LogP contribution in [0.25, 0.3) is 0 Å². The molecule has 0 saturated heterocycles. The van der Waals surface area contributed by atoms with Gasteiger partial charge in [0.1, 0.15) is 17.7 Å². The number of carbonyl (C=O) groups is 3. The van der Waals surface area contributed by atoms with E-state index in [1.165, 1.54) is 12.1 Å². The number of anilines is 1. The van der Waals surface area contributed by atoms with E-state index in [9.17, 15) is 29.7 Å². The van der Waals surface area contributed by atoms with Crippen molar-refractivity contribution in [3.05, 3.63) is 65.7 Å². The van der Waals surface area contributed by atoms with Gasteiger partial charge in [-0.25, -0.2) is 9.59 Å². The molecule has 0 bridgehead atoms. The van der Waals surface area contributed by atoms with Crippen LogP contribution in [0, 0.1) is 0 Å². The van der Waals surface area contributed by atoms with Crippen molar-refractivity contribution in [2.45, 2.75) is 18.8 Å². The van der Waals surface area contributed by atoms with Crippen LogP contribution in [0.1, 0.15) is 17.2 Å². The Hall–Kier alpha value is -3.93. The van der Waals surface area contributed by atoms with Gasteiger partial charge in [-0.1, -0.05) is 18.2 Å². The lowest BCUT2D eigenvalue weighted by Crippen LogP contribution is -2.34. The molecule has 11 nitrogen and oxygen atoms in total. The molecule has 0 spiro atoms. The van der Waals surface area contributed by atoms with Gasteiger partial charge in [-0.3, -0.25) is 10.1 Å². The molecule has 0 aliphatic rings. The maximum Gasteiger partial charge on any atom is 0.328 e. The van der Waals surface area contributed by atoms with Gasteiger partial charge in [0.25, 0.3) is 0 Å². The maximum atomic E-state index is 10.5. The second-order valence-electron chi connectivity index (χ2n) is 6.54. The van der Waals surface area contributed by atoms with Crippen molar-refractivity contribution in [2.75, 3.05) is 19.0 Å². The standard InChI is InChI=1S/C18H22N2O5.C4H4O4/c1-25-14-5-2-12(3-6-14)8-18(24)19-10-17(23)13-4-7-16(22)15(9-13)20-11-21;5-3(6)1-2-4(7)8/h2-7,9,11,17-19,22-24H,8,10H2,1H3,(H,20,21);1-2H,(H,5,6)(H,7,8)/b;2-1+. The number of ether oxygens (including phenoxy) is 1. The molecule has 2 rings (SSSR count). The number of nitrogens with one attached hydrogen (secondary N) is 2. The summed E-state index contributed by atoms with van der Waals surface area (Å²) in [6, 6.07) is 11.8. The Bertz CT molecular complexity index is 929. The Kier molecular flexibility index (Phi) is 11.7. The summed E-state index contributed by atoms with van der Waals surface area (Å²) in [6.45, 7) is 0.114. The highest BCUT2D eigenvalue weighted by Crippen LogP contribution is 2.26. The van der Waals surface area contributed by atoms with Gasteiger partial charge in [-0.05, 0) is 35.4 Å². The summed E-state index contributed by atoms with van der Waals surface area (Å²) in [5.41, 5.74) is 1.65. The predicted octanol–water partition coefficient (Wildman–Crippen LogP) is 0.865. The average molecular weight is 462 g/mol. The normalized spacial score (nSPS) is 12.2. The Morgan fingerprint density at radius 3 is 2.15 bits per heavy atom. The van der Waals surface area contributed by atoms with Crippen LogP contribution in [0.2, 0.25) is 0 Å². The fourth-order valence-corrected chi connectivity index (χ4v) is 2.51. The molecular formula is C22H26N2O9. The Morgan fingerprint density at radius 1 is 1.03 bits per heavy atom. The number of aliphatic hydroxyl groups excluding tert-OH is 2. The minimum absolute atomic E-state index is 0.0875. The summed E-state index contributed by atoms with van der Waals surface area (Å²) in [6.07, 6.45) is 0.211. The van der Waals surface area contributed by atoms with Crippen molar-refractivity contribution < 1.29 is 44.7 Å². The van der Waals surface area contributed by atoms with E-state index in [2.05, 4.69) is 10.6 Å². The van der Waals surface area contributed by atoms with Gasteiger partial charge in [0.2, 0.25) is 6.41 Å². The maximum absolute atomic E-state index is 10.5. The molecule has 2 atom stereocenters. The smallest absolute Gasteiger partial charge is 0.328 e. The van der Waals surface area contributed by atoms with Gasteiger partial charge in [0.05, 0.1) is 18.9 Å². The van der Waals surface area contributed by atoms with Crippen LogP contribution in [-0.2, 0) is 20.8 Å². The summed E-state index contributed by atoms with van der Waals surface area (Å²) < 4.78 is 5.08. The molecule has 178 valence electrons. The van der Waals surface area contributed by atoms with Crippen molar-refractivity contribution in [1.29, 1.82) is 0 Å². The first-order valence-electron chi connectivity index (χ1n) is 9.55. The van der Waals surface area contributed by atoms with Crippen LogP contribution in [0.3, 0.4) is 0 Å². The molecule has 11 heteroatoms. The minimum atomic E-state index is -1.26.